The highest BCUT2D eigenvalue weighted by Crippen LogP contribution is 2.32. The number of halogens is 2. The Hall–Kier alpha value is -1.71. The van der Waals surface area contributed by atoms with Gasteiger partial charge in [-0.3, -0.25) is 9.47 Å². The summed E-state index contributed by atoms with van der Waals surface area (Å²) >= 11 is 18.4. The Morgan fingerprint density at radius 2 is 1.97 bits per heavy atom. The van der Waals surface area contributed by atoms with Crippen LogP contribution in [0.5, 0.6) is 0 Å². The minimum atomic E-state index is -2.98. The topological polar surface area (TPSA) is 60.1 Å². The standard InChI is InChI=1S/C21H22Cl2N4O2S2/c1-14-5-3-4-6-19(14)27-20(17-8-7-15(22)11-18(17)23)24-26(21(27)30)13-25(2)16-9-10-31(28,29)12-16/h3-8,11,16H,9-10,12-13H2,1-2H3/t16-/m1/s1. The zero-order valence-corrected chi connectivity index (χ0v) is 20.3. The van der Waals surface area contributed by atoms with E-state index in [1.807, 2.05) is 53.8 Å². The molecule has 6 nitrogen and oxygen atoms in total. The number of rotatable bonds is 5. The summed E-state index contributed by atoms with van der Waals surface area (Å²) in [6.45, 7) is 2.38. The normalized spacial score (nSPS) is 18.0. The molecule has 10 heteroatoms. The van der Waals surface area contributed by atoms with Crippen molar-refractivity contribution in [1.29, 1.82) is 0 Å². The number of sulfone groups is 1. The molecule has 0 bridgehead atoms. The van der Waals surface area contributed by atoms with E-state index in [1.165, 1.54) is 0 Å². The third kappa shape index (κ3) is 4.59. The molecule has 0 saturated carbocycles. The van der Waals surface area contributed by atoms with Gasteiger partial charge < -0.3 is 0 Å². The Morgan fingerprint density at radius 1 is 1.23 bits per heavy atom. The van der Waals surface area contributed by atoms with Crippen molar-refractivity contribution in [3.63, 3.8) is 0 Å². The molecule has 0 amide bonds. The molecule has 0 unspecified atom stereocenters. The average molecular weight is 497 g/mol. The summed E-state index contributed by atoms with van der Waals surface area (Å²) in [7, 11) is -1.08. The van der Waals surface area contributed by atoms with Gasteiger partial charge >= 0.3 is 0 Å². The molecule has 2 aromatic carbocycles. The maximum Gasteiger partial charge on any atom is 0.204 e. The van der Waals surface area contributed by atoms with Gasteiger partial charge in [-0.25, -0.2) is 13.1 Å². The maximum atomic E-state index is 11.9. The summed E-state index contributed by atoms with van der Waals surface area (Å²) < 4.78 is 27.9. The van der Waals surface area contributed by atoms with E-state index in [-0.39, 0.29) is 17.5 Å². The van der Waals surface area contributed by atoms with Gasteiger partial charge in [0.05, 0.1) is 28.9 Å². The number of benzene rings is 2. The molecule has 0 aliphatic carbocycles. The lowest BCUT2D eigenvalue weighted by molar-refractivity contribution is 0.196. The highest BCUT2D eigenvalue weighted by molar-refractivity contribution is 7.91. The minimum Gasteiger partial charge on any atom is -0.283 e. The van der Waals surface area contributed by atoms with Crippen LogP contribution >= 0.6 is 35.4 Å². The molecule has 2 heterocycles. The summed E-state index contributed by atoms with van der Waals surface area (Å²) in [5, 5.41) is 5.81. The van der Waals surface area contributed by atoms with Gasteiger partial charge in [0.1, 0.15) is 0 Å². The largest absolute Gasteiger partial charge is 0.283 e. The molecule has 1 atom stereocenters. The first kappa shape index (κ1) is 22.5. The summed E-state index contributed by atoms with van der Waals surface area (Å²) in [6.07, 6.45) is 0.612. The molecule has 0 radical (unpaired) electrons. The van der Waals surface area contributed by atoms with Crippen LogP contribution in [0.4, 0.5) is 0 Å². The second-order valence-corrected chi connectivity index (χ2v) is 11.2. The lowest BCUT2D eigenvalue weighted by Gasteiger charge is -2.22. The van der Waals surface area contributed by atoms with E-state index in [2.05, 4.69) is 0 Å². The summed E-state index contributed by atoms with van der Waals surface area (Å²) in [5.74, 6) is 0.982. The van der Waals surface area contributed by atoms with Crippen molar-refractivity contribution >= 4 is 45.3 Å². The molecule has 0 N–H and O–H groups in total. The summed E-state index contributed by atoms with van der Waals surface area (Å²) in [6, 6.07) is 13.1. The summed E-state index contributed by atoms with van der Waals surface area (Å²) in [4.78, 5) is 1.99. The van der Waals surface area contributed by atoms with Crippen molar-refractivity contribution < 1.29 is 8.42 Å². The first-order valence-electron chi connectivity index (χ1n) is 9.78. The zero-order chi connectivity index (χ0) is 22.3. The number of hydrogen-bond acceptors (Lipinski definition) is 5. The van der Waals surface area contributed by atoms with E-state index in [0.29, 0.717) is 39.3 Å². The van der Waals surface area contributed by atoms with Crippen LogP contribution in [0.3, 0.4) is 0 Å². The second kappa shape index (κ2) is 8.67. The van der Waals surface area contributed by atoms with Crippen molar-refractivity contribution in [2.45, 2.75) is 26.1 Å². The third-order valence-corrected chi connectivity index (χ3v) is 8.25. The van der Waals surface area contributed by atoms with Crippen LogP contribution in [0.1, 0.15) is 12.0 Å². The van der Waals surface area contributed by atoms with Crippen LogP contribution in [-0.2, 0) is 16.5 Å². The molecule has 4 rings (SSSR count). The van der Waals surface area contributed by atoms with Gasteiger partial charge in [-0.1, -0.05) is 41.4 Å². The van der Waals surface area contributed by atoms with Gasteiger partial charge in [0.25, 0.3) is 0 Å². The van der Waals surface area contributed by atoms with Crippen LogP contribution in [0.15, 0.2) is 42.5 Å². The highest BCUT2D eigenvalue weighted by Gasteiger charge is 2.31. The molecular weight excluding hydrogens is 475 g/mol. The highest BCUT2D eigenvalue weighted by atomic mass is 35.5. The lowest BCUT2D eigenvalue weighted by atomic mass is 10.1. The van der Waals surface area contributed by atoms with E-state index in [0.717, 1.165) is 11.3 Å². The Morgan fingerprint density at radius 3 is 2.61 bits per heavy atom. The fraction of sp³-hybridized carbons (Fsp3) is 0.333. The van der Waals surface area contributed by atoms with Crippen LogP contribution in [0.25, 0.3) is 17.1 Å². The molecule has 1 saturated heterocycles. The van der Waals surface area contributed by atoms with Gasteiger partial charge in [-0.2, -0.15) is 0 Å². The number of aromatic nitrogens is 3. The zero-order valence-electron chi connectivity index (χ0n) is 17.1. The molecule has 164 valence electrons. The van der Waals surface area contributed by atoms with Crippen LogP contribution in [0, 0.1) is 11.7 Å². The van der Waals surface area contributed by atoms with Gasteiger partial charge in [0.2, 0.25) is 4.77 Å². The quantitative estimate of drug-likeness (QED) is 0.476. The molecule has 31 heavy (non-hydrogen) atoms. The van der Waals surface area contributed by atoms with E-state index in [4.69, 9.17) is 40.5 Å². The van der Waals surface area contributed by atoms with E-state index in [1.54, 1.807) is 16.8 Å². The molecule has 0 spiro atoms. The van der Waals surface area contributed by atoms with Crippen LogP contribution in [0.2, 0.25) is 10.0 Å². The Kier molecular flexibility index (Phi) is 6.29. The third-order valence-electron chi connectivity index (χ3n) is 5.56. The maximum absolute atomic E-state index is 11.9. The Balaban J connectivity index is 1.81. The minimum absolute atomic E-state index is 0.0573. The fourth-order valence-corrected chi connectivity index (χ4v) is 6.41. The number of aryl methyl sites for hydroxylation is 1. The predicted molar refractivity (Wildman–Crippen MR) is 127 cm³/mol. The SMILES string of the molecule is Cc1ccccc1-n1c(-c2ccc(Cl)cc2Cl)nn(CN(C)[C@@H]2CCS(=O)(=O)C2)c1=S. The first-order valence-corrected chi connectivity index (χ1v) is 12.8. The van der Waals surface area contributed by atoms with Gasteiger partial charge in [0.15, 0.2) is 15.7 Å². The van der Waals surface area contributed by atoms with E-state index < -0.39 is 9.84 Å². The lowest BCUT2D eigenvalue weighted by Crippen LogP contribution is -2.34. The number of nitrogens with zero attached hydrogens (tertiary/aromatic N) is 4. The van der Waals surface area contributed by atoms with Crippen molar-refractivity contribution in [1.82, 2.24) is 19.2 Å². The van der Waals surface area contributed by atoms with Gasteiger partial charge in [-0.15, -0.1) is 5.10 Å². The molecule has 3 aromatic rings. The first-order chi connectivity index (χ1) is 14.7. The van der Waals surface area contributed by atoms with Crippen LogP contribution < -0.4 is 0 Å². The second-order valence-electron chi connectivity index (χ2n) is 7.81. The molecule has 1 fully saturated rings. The monoisotopic (exact) mass is 496 g/mol. The van der Waals surface area contributed by atoms with Crippen molar-refractivity contribution in [2.24, 2.45) is 0 Å². The smallest absolute Gasteiger partial charge is 0.204 e. The van der Waals surface area contributed by atoms with Gasteiger partial charge in [0, 0.05) is 16.6 Å². The Bertz CT molecular complexity index is 1300. The van der Waals surface area contributed by atoms with E-state index in [9.17, 15) is 8.42 Å². The molecule has 1 aliphatic rings. The van der Waals surface area contributed by atoms with Crippen molar-refractivity contribution in [3.05, 3.63) is 62.8 Å². The predicted octanol–water partition coefficient (Wildman–Crippen LogP) is 4.76. The summed E-state index contributed by atoms with van der Waals surface area (Å²) in [5.41, 5.74) is 2.66. The molecule has 1 aromatic heterocycles. The van der Waals surface area contributed by atoms with Crippen LogP contribution in [-0.4, -0.2) is 52.3 Å². The van der Waals surface area contributed by atoms with Crippen molar-refractivity contribution in [2.75, 3.05) is 18.6 Å². The van der Waals surface area contributed by atoms with E-state index >= 15 is 0 Å². The number of para-hydroxylation sites is 1. The number of hydrogen-bond donors (Lipinski definition) is 0. The fourth-order valence-electron chi connectivity index (χ4n) is 3.83. The Labute approximate surface area is 196 Å². The van der Waals surface area contributed by atoms with Gasteiger partial charge in [-0.05, 0) is 62.4 Å². The molecular formula is C21H22Cl2N4O2S2. The molecule has 1 aliphatic heterocycles. The average Bonchev–Trinajstić information content (AvgIpc) is 3.22. The van der Waals surface area contributed by atoms with Crippen molar-refractivity contribution in [3.8, 4) is 17.1 Å².